The molecule has 1 aromatic rings. The molecule has 5 nitrogen and oxygen atoms in total. The van der Waals surface area contributed by atoms with E-state index in [2.05, 4.69) is 14.9 Å². The van der Waals surface area contributed by atoms with Gasteiger partial charge in [0.2, 0.25) is 0 Å². The number of rotatable bonds is 3. The molecule has 1 aliphatic rings. The third-order valence-corrected chi connectivity index (χ3v) is 3.76. The highest BCUT2D eigenvalue weighted by molar-refractivity contribution is 7.99. The zero-order chi connectivity index (χ0) is 12.1. The zero-order valence-corrected chi connectivity index (χ0v) is 10.3. The average molecular weight is 253 g/mol. The van der Waals surface area contributed by atoms with Crippen LogP contribution in [0.2, 0.25) is 0 Å². The van der Waals surface area contributed by atoms with Crippen LogP contribution < -0.4 is 0 Å². The number of carboxylic acids is 1. The minimum absolute atomic E-state index is 0.212. The lowest BCUT2D eigenvalue weighted by molar-refractivity contribution is 0.0693. The van der Waals surface area contributed by atoms with Crippen LogP contribution in [0.4, 0.5) is 0 Å². The molecule has 0 amide bonds. The van der Waals surface area contributed by atoms with Crippen LogP contribution in [0.15, 0.2) is 12.5 Å². The lowest BCUT2D eigenvalue weighted by Crippen LogP contribution is -2.27. The van der Waals surface area contributed by atoms with Crippen LogP contribution in [0.5, 0.6) is 0 Å². The van der Waals surface area contributed by atoms with E-state index in [9.17, 15) is 4.79 Å². The molecule has 0 saturated carbocycles. The molecule has 6 heteroatoms. The van der Waals surface area contributed by atoms with E-state index in [1.54, 1.807) is 0 Å². The van der Waals surface area contributed by atoms with Crippen LogP contribution >= 0.6 is 11.8 Å². The number of hydrogen-bond acceptors (Lipinski definition) is 5. The van der Waals surface area contributed by atoms with Crippen LogP contribution in [-0.4, -0.2) is 50.5 Å². The summed E-state index contributed by atoms with van der Waals surface area (Å²) in [5.74, 6) is 1.34. The second-order valence-electron chi connectivity index (χ2n) is 3.93. The number of carbonyl (C=O) groups is 1. The molecule has 92 valence electrons. The number of nitrogens with zero attached hydrogens (tertiary/aromatic N) is 3. The zero-order valence-electron chi connectivity index (χ0n) is 9.50. The molecule has 2 heterocycles. The largest absolute Gasteiger partial charge is 0.478 e. The molecule has 0 aromatic carbocycles. The predicted molar refractivity (Wildman–Crippen MR) is 66.2 cm³/mol. The van der Waals surface area contributed by atoms with E-state index >= 15 is 0 Å². The maximum atomic E-state index is 11.0. The van der Waals surface area contributed by atoms with Crippen LogP contribution in [0.3, 0.4) is 0 Å². The fraction of sp³-hybridized carbons (Fsp3) is 0.545. The van der Waals surface area contributed by atoms with Crippen molar-refractivity contribution in [2.24, 2.45) is 0 Å². The van der Waals surface area contributed by atoms with Crippen molar-refractivity contribution >= 4 is 17.7 Å². The summed E-state index contributed by atoms with van der Waals surface area (Å²) < 4.78 is 0. The molecule has 1 aliphatic heterocycles. The van der Waals surface area contributed by atoms with Crippen molar-refractivity contribution in [1.29, 1.82) is 0 Å². The number of aromatic carboxylic acids is 1. The van der Waals surface area contributed by atoms with Gasteiger partial charge < -0.3 is 5.11 Å². The molecule has 0 bridgehead atoms. The van der Waals surface area contributed by atoms with Crippen LogP contribution in [0.25, 0.3) is 0 Å². The fourth-order valence-electron chi connectivity index (χ4n) is 1.83. The van der Waals surface area contributed by atoms with Gasteiger partial charge in [-0.2, -0.15) is 11.8 Å². The van der Waals surface area contributed by atoms with E-state index < -0.39 is 5.97 Å². The summed E-state index contributed by atoms with van der Waals surface area (Å²) in [5, 5.41) is 9.05. The van der Waals surface area contributed by atoms with Crippen LogP contribution in [0, 0.1) is 0 Å². The molecule has 2 rings (SSSR count). The lowest BCUT2D eigenvalue weighted by Gasteiger charge is -2.19. The van der Waals surface area contributed by atoms with Crippen molar-refractivity contribution < 1.29 is 9.90 Å². The Balaban J connectivity index is 2.09. The Bertz CT molecular complexity index is 392. The highest BCUT2D eigenvalue weighted by Gasteiger charge is 2.16. The van der Waals surface area contributed by atoms with Gasteiger partial charge in [-0.15, -0.1) is 0 Å². The van der Waals surface area contributed by atoms with E-state index in [4.69, 9.17) is 5.11 Å². The van der Waals surface area contributed by atoms with Crippen molar-refractivity contribution in [3.8, 4) is 0 Å². The predicted octanol–water partition coefficient (Wildman–Crippen LogP) is 1.11. The Hall–Kier alpha value is -1.14. The molecule has 0 atom stereocenters. The Kier molecular flexibility index (Phi) is 4.33. The summed E-state index contributed by atoms with van der Waals surface area (Å²) in [6, 6.07) is 0. The molecule has 0 aliphatic carbocycles. The molecule has 1 N–H and O–H groups in total. The average Bonchev–Trinajstić information content (AvgIpc) is 2.58. The van der Waals surface area contributed by atoms with Gasteiger partial charge in [0, 0.05) is 25.0 Å². The minimum atomic E-state index is -0.954. The molecule has 1 aromatic heterocycles. The van der Waals surface area contributed by atoms with E-state index in [1.807, 2.05) is 11.8 Å². The highest BCUT2D eigenvalue weighted by Crippen LogP contribution is 2.13. The quantitative estimate of drug-likeness (QED) is 0.870. The van der Waals surface area contributed by atoms with Crippen molar-refractivity contribution in [2.45, 2.75) is 13.0 Å². The smallest absolute Gasteiger partial charge is 0.339 e. The molecule has 1 saturated heterocycles. The molecule has 0 spiro atoms. The fourth-order valence-corrected chi connectivity index (χ4v) is 2.75. The van der Waals surface area contributed by atoms with E-state index in [0.29, 0.717) is 12.2 Å². The molecular formula is C11H15N3O2S. The normalized spacial score (nSPS) is 17.6. The third kappa shape index (κ3) is 3.41. The monoisotopic (exact) mass is 253 g/mol. The summed E-state index contributed by atoms with van der Waals surface area (Å²) in [6.07, 6.45) is 3.93. The summed E-state index contributed by atoms with van der Waals surface area (Å²) in [5.41, 5.74) is 0.823. The first-order valence-electron chi connectivity index (χ1n) is 5.59. The van der Waals surface area contributed by atoms with Gasteiger partial charge in [-0.1, -0.05) is 0 Å². The second-order valence-corrected chi connectivity index (χ2v) is 5.16. The Morgan fingerprint density at radius 2 is 2.35 bits per heavy atom. The second kappa shape index (κ2) is 5.97. The van der Waals surface area contributed by atoms with Gasteiger partial charge in [0.25, 0.3) is 0 Å². The first-order chi connectivity index (χ1) is 8.27. The summed E-state index contributed by atoms with van der Waals surface area (Å²) in [7, 11) is 0. The Labute approximate surface area is 104 Å². The van der Waals surface area contributed by atoms with Gasteiger partial charge in [-0.05, 0) is 18.7 Å². The van der Waals surface area contributed by atoms with E-state index in [-0.39, 0.29) is 5.56 Å². The van der Waals surface area contributed by atoms with Gasteiger partial charge in [0.1, 0.15) is 11.9 Å². The van der Waals surface area contributed by atoms with E-state index in [1.165, 1.54) is 18.3 Å². The topological polar surface area (TPSA) is 66.3 Å². The standard InChI is InChI=1S/C11H15N3O2S/c15-11(16)9-6-12-8-13-10(9)7-14-2-1-4-17-5-3-14/h6,8H,1-5,7H2,(H,15,16). The molecular weight excluding hydrogens is 238 g/mol. The maximum Gasteiger partial charge on any atom is 0.339 e. The summed E-state index contributed by atoms with van der Waals surface area (Å²) in [4.78, 5) is 21.1. The van der Waals surface area contributed by atoms with Crippen molar-refractivity contribution in [3.05, 3.63) is 23.8 Å². The number of aromatic nitrogens is 2. The SMILES string of the molecule is O=C(O)c1cncnc1CN1CCCSCC1. The van der Waals surface area contributed by atoms with Crippen molar-refractivity contribution in [2.75, 3.05) is 24.6 Å². The molecule has 1 fully saturated rings. The third-order valence-electron chi connectivity index (χ3n) is 2.71. The van der Waals surface area contributed by atoms with Crippen LogP contribution in [-0.2, 0) is 6.54 Å². The minimum Gasteiger partial charge on any atom is -0.478 e. The van der Waals surface area contributed by atoms with Crippen molar-refractivity contribution in [1.82, 2.24) is 14.9 Å². The summed E-state index contributed by atoms with van der Waals surface area (Å²) in [6.45, 7) is 2.61. The van der Waals surface area contributed by atoms with Gasteiger partial charge in [0.15, 0.2) is 0 Å². The number of thioether (sulfide) groups is 1. The molecule has 17 heavy (non-hydrogen) atoms. The van der Waals surface area contributed by atoms with Gasteiger partial charge in [-0.25, -0.2) is 14.8 Å². The van der Waals surface area contributed by atoms with Gasteiger partial charge in [-0.3, -0.25) is 4.90 Å². The van der Waals surface area contributed by atoms with Gasteiger partial charge in [0.05, 0.1) is 5.69 Å². The van der Waals surface area contributed by atoms with Gasteiger partial charge >= 0.3 is 5.97 Å². The maximum absolute atomic E-state index is 11.0. The number of hydrogen-bond donors (Lipinski definition) is 1. The van der Waals surface area contributed by atoms with E-state index in [0.717, 1.165) is 25.3 Å². The highest BCUT2D eigenvalue weighted by atomic mass is 32.2. The lowest BCUT2D eigenvalue weighted by atomic mass is 10.2. The molecule has 0 radical (unpaired) electrons. The molecule has 0 unspecified atom stereocenters. The van der Waals surface area contributed by atoms with Crippen molar-refractivity contribution in [3.63, 3.8) is 0 Å². The number of carboxylic acid groups (broad SMARTS) is 1. The summed E-state index contributed by atoms with van der Waals surface area (Å²) >= 11 is 1.95. The van der Waals surface area contributed by atoms with Crippen LogP contribution in [0.1, 0.15) is 22.5 Å². The first-order valence-corrected chi connectivity index (χ1v) is 6.75. The first kappa shape index (κ1) is 12.3. The Morgan fingerprint density at radius 3 is 3.18 bits per heavy atom. The Morgan fingerprint density at radius 1 is 1.47 bits per heavy atom.